The summed E-state index contributed by atoms with van der Waals surface area (Å²) in [5.74, 6) is -3.40. The van der Waals surface area contributed by atoms with E-state index in [2.05, 4.69) is 0 Å². The van der Waals surface area contributed by atoms with Gasteiger partial charge in [0.25, 0.3) is 0 Å². The minimum Gasteiger partial charge on any atom is -0.508 e. The first-order valence-corrected chi connectivity index (χ1v) is 15.0. The van der Waals surface area contributed by atoms with Gasteiger partial charge in [-0.05, 0) is 53.1 Å². The third-order valence-corrected chi connectivity index (χ3v) is 9.29. The standard InChI is InChI=1S/C35H32O13/c1-44-25-8-14(3-4-22(25)37)33-20-12-47-34(21(20)13-46-33)16-6-19(30(41)27(9-16)45-2)18-5-15(7-24(39)29(18)40)35-32(43)31(42)28-23(38)10-17(36)11-26(28)48-35/h3-11,20-21,32-41,43H,12-13H2,1-2H3/t20-,21+,32-,33-,34+,35+/m0/s1. The van der Waals surface area contributed by atoms with Crippen LogP contribution in [0, 0.1) is 11.8 Å². The van der Waals surface area contributed by atoms with Crippen LogP contribution in [0.3, 0.4) is 0 Å². The monoisotopic (exact) mass is 660 g/mol. The first-order valence-electron chi connectivity index (χ1n) is 15.0. The average molecular weight is 661 g/mol. The van der Waals surface area contributed by atoms with Crippen LogP contribution in [0.15, 0.2) is 54.6 Å². The molecule has 7 rings (SSSR count). The van der Waals surface area contributed by atoms with E-state index in [-0.39, 0.29) is 68.9 Å². The summed E-state index contributed by atoms with van der Waals surface area (Å²) in [4.78, 5) is 13.0. The highest BCUT2D eigenvalue weighted by atomic mass is 16.5. The van der Waals surface area contributed by atoms with E-state index < -0.39 is 41.3 Å². The van der Waals surface area contributed by atoms with Crippen LogP contribution in [0.5, 0.6) is 51.7 Å². The molecule has 48 heavy (non-hydrogen) atoms. The molecule has 4 aromatic rings. The summed E-state index contributed by atoms with van der Waals surface area (Å²) in [6, 6.07) is 12.7. The van der Waals surface area contributed by atoms with Gasteiger partial charge in [-0.25, -0.2) is 0 Å². The Bertz CT molecular complexity index is 1940. The predicted octanol–water partition coefficient (Wildman–Crippen LogP) is 4.36. The Balaban J connectivity index is 1.25. The molecule has 7 N–H and O–H groups in total. The lowest BCUT2D eigenvalue weighted by molar-refractivity contribution is 0.0191. The Kier molecular flexibility index (Phi) is 7.62. The normalized spacial score (nSPS) is 24.5. The van der Waals surface area contributed by atoms with Crippen LogP contribution in [0.1, 0.15) is 45.4 Å². The number of carbonyl (C=O) groups is 1. The summed E-state index contributed by atoms with van der Waals surface area (Å²) in [5.41, 5.74) is 1.13. The highest BCUT2D eigenvalue weighted by molar-refractivity contribution is 6.05. The van der Waals surface area contributed by atoms with Crippen molar-refractivity contribution in [2.24, 2.45) is 11.8 Å². The van der Waals surface area contributed by atoms with E-state index in [1.165, 1.54) is 20.3 Å². The number of ether oxygens (including phenoxy) is 5. The zero-order valence-electron chi connectivity index (χ0n) is 25.7. The van der Waals surface area contributed by atoms with E-state index in [1.54, 1.807) is 30.3 Å². The van der Waals surface area contributed by atoms with Gasteiger partial charge in [-0.15, -0.1) is 0 Å². The van der Waals surface area contributed by atoms with Crippen LogP contribution >= 0.6 is 0 Å². The van der Waals surface area contributed by atoms with E-state index in [4.69, 9.17) is 23.7 Å². The maximum absolute atomic E-state index is 13.0. The van der Waals surface area contributed by atoms with Crippen molar-refractivity contribution in [2.45, 2.75) is 24.4 Å². The summed E-state index contributed by atoms with van der Waals surface area (Å²) in [5, 5.41) is 74.2. The molecule has 13 nitrogen and oxygen atoms in total. The lowest BCUT2D eigenvalue weighted by Crippen LogP contribution is -2.36. The van der Waals surface area contributed by atoms with Crippen molar-refractivity contribution in [3.05, 3.63) is 76.9 Å². The Morgan fingerprint density at radius 3 is 1.92 bits per heavy atom. The molecule has 3 heterocycles. The second-order valence-electron chi connectivity index (χ2n) is 12.0. The van der Waals surface area contributed by atoms with Crippen molar-refractivity contribution in [1.29, 1.82) is 0 Å². The van der Waals surface area contributed by atoms with E-state index in [9.17, 15) is 40.5 Å². The summed E-state index contributed by atoms with van der Waals surface area (Å²) in [6.07, 6.45) is -4.09. The number of carbonyl (C=O) groups excluding carboxylic acids is 1. The van der Waals surface area contributed by atoms with Gasteiger partial charge in [0.15, 0.2) is 46.7 Å². The summed E-state index contributed by atoms with van der Waals surface area (Å²) in [7, 11) is 2.83. The number of phenols is 6. The molecule has 2 saturated heterocycles. The van der Waals surface area contributed by atoms with Crippen LogP contribution in [-0.4, -0.2) is 75.1 Å². The Hall–Kier alpha value is -5.37. The van der Waals surface area contributed by atoms with Gasteiger partial charge in [-0.3, -0.25) is 4.79 Å². The lowest BCUT2D eigenvalue weighted by Gasteiger charge is -2.30. The summed E-state index contributed by atoms with van der Waals surface area (Å²) < 4.78 is 29.0. The molecule has 0 radical (unpaired) electrons. The first-order chi connectivity index (χ1) is 23.0. The fourth-order valence-electron chi connectivity index (χ4n) is 6.93. The van der Waals surface area contributed by atoms with Crippen molar-refractivity contribution < 1.29 is 64.2 Å². The second-order valence-corrected chi connectivity index (χ2v) is 12.0. The number of phenolic OH excluding ortho intramolecular Hbond substituents is 6. The molecule has 2 fully saturated rings. The van der Waals surface area contributed by atoms with Crippen LogP contribution in [-0.2, 0) is 9.47 Å². The maximum atomic E-state index is 13.0. The van der Waals surface area contributed by atoms with Gasteiger partial charge in [0, 0.05) is 35.1 Å². The molecule has 250 valence electrons. The zero-order chi connectivity index (χ0) is 34.0. The maximum Gasteiger partial charge on any atom is 0.202 e. The third-order valence-electron chi connectivity index (χ3n) is 9.29. The van der Waals surface area contributed by atoms with Gasteiger partial charge in [-0.1, -0.05) is 6.07 Å². The molecule has 13 heteroatoms. The number of Topliss-reactive ketones (excluding diaryl/α,β-unsaturated/α-hetero) is 1. The molecule has 0 amide bonds. The Labute approximate surface area is 273 Å². The molecule has 3 aliphatic rings. The van der Waals surface area contributed by atoms with E-state index in [0.717, 1.165) is 23.8 Å². The summed E-state index contributed by atoms with van der Waals surface area (Å²) >= 11 is 0. The molecule has 0 saturated carbocycles. The number of aliphatic hydroxyl groups is 1. The van der Waals surface area contributed by atoms with E-state index in [1.807, 2.05) is 0 Å². The van der Waals surface area contributed by atoms with Gasteiger partial charge >= 0.3 is 0 Å². The number of hydrogen-bond donors (Lipinski definition) is 7. The molecule has 0 aromatic heterocycles. The van der Waals surface area contributed by atoms with Crippen LogP contribution in [0.25, 0.3) is 11.1 Å². The number of methoxy groups -OCH3 is 2. The number of rotatable bonds is 6. The molecule has 0 bridgehead atoms. The Morgan fingerprint density at radius 1 is 0.646 bits per heavy atom. The lowest BCUT2D eigenvalue weighted by atomic mass is 9.84. The molecule has 3 aliphatic heterocycles. The number of hydrogen-bond acceptors (Lipinski definition) is 13. The molecular weight excluding hydrogens is 628 g/mol. The second kappa shape index (κ2) is 11.7. The number of aromatic hydroxyl groups is 6. The van der Waals surface area contributed by atoms with Gasteiger partial charge in [0.2, 0.25) is 5.78 Å². The smallest absolute Gasteiger partial charge is 0.202 e. The SMILES string of the molecule is COc1cc([C@@H]2OC[C@@H]3[C@@H]2CO[C@@H]3c2cc(OC)c(O)c(-c3cc([C@H]4Oc5cc(O)cc(O)c5C(=O)[C@@H]4O)cc(O)c3O)c2)ccc1O. The number of ketones is 1. The van der Waals surface area contributed by atoms with Crippen LogP contribution in [0.4, 0.5) is 0 Å². The third kappa shape index (κ3) is 4.94. The first kappa shape index (κ1) is 31.2. The zero-order valence-corrected chi connectivity index (χ0v) is 25.7. The fraction of sp³-hybridized carbons (Fsp3) is 0.286. The van der Waals surface area contributed by atoms with E-state index >= 15 is 0 Å². The summed E-state index contributed by atoms with van der Waals surface area (Å²) in [6.45, 7) is 0.696. The molecular formula is C35H32O13. The molecule has 0 spiro atoms. The molecule has 0 unspecified atom stereocenters. The minimum absolute atomic E-state index is 0.0120. The Morgan fingerprint density at radius 2 is 1.25 bits per heavy atom. The molecule has 0 aliphatic carbocycles. The van der Waals surface area contributed by atoms with Gasteiger partial charge in [0.05, 0.1) is 39.6 Å². The van der Waals surface area contributed by atoms with Crippen molar-refractivity contribution in [1.82, 2.24) is 0 Å². The number of benzene rings is 4. The van der Waals surface area contributed by atoms with Crippen LogP contribution in [0.2, 0.25) is 0 Å². The van der Waals surface area contributed by atoms with Crippen LogP contribution < -0.4 is 14.2 Å². The van der Waals surface area contributed by atoms with Crippen molar-refractivity contribution in [3.63, 3.8) is 0 Å². The van der Waals surface area contributed by atoms with Gasteiger partial charge < -0.3 is 59.4 Å². The fourth-order valence-corrected chi connectivity index (χ4v) is 6.93. The van der Waals surface area contributed by atoms with Crippen molar-refractivity contribution >= 4 is 5.78 Å². The van der Waals surface area contributed by atoms with Gasteiger partial charge in [-0.2, -0.15) is 0 Å². The van der Waals surface area contributed by atoms with Gasteiger partial charge in [0.1, 0.15) is 22.8 Å². The van der Waals surface area contributed by atoms with Crippen molar-refractivity contribution in [3.8, 4) is 62.9 Å². The molecule has 4 aromatic carbocycles. The molecule has 6 atom stereocenters. The topological polar surface area (TPSA) is 205 Å². The minimum atomic E-state index is -1.83. The quantitative estimate of drug-likeness (QED) is 0.144. The largest absolute Gasteiger partial charge is 0.508 e. The van der Waals surface area contributed by atoms with E-state index in [0.29, 0.717) is 24.5 Å². The average Bonchev–Trinajstić information content (AvgIpc) is 3.67. The highest BCUT2D eigenvalue weighted by Gasteiger charge is 2.48. The predicted molar refractivity (Wildman–Crippen MR) is 166 cm³/mol. The number of aliphatic hydroxyl groups excluding tert-OH is 1. The van der Waals surface area contributed by atoms with Crippen molar-refractivity contribution in [2.75, 3.05) is 27.4 Å². The highest BCUT2D eigenvalue weighted by Crippen LogP contribution is 2.54. The number of fused-ring (bicyclic) bond motifs is 2.